The second-order valence-electron chi connectivity index (χ2n) is 32.2. The Morgan fingerprint density at radius 1 is 0.460 bits per heavy atom. The van der Waals surface area contributed by atoms with E-state index in [1.165, 1.54) is 12.4 Å². The maximum atomic E-state index is 14.1. The van der Waals surface area contributed by atoms with Gasteiger partial charge in [-0.25, -0.2) is 30.0 Å². The second-order valence-corrected chi connectivity index (χ2v) is 32.2. The van der Waals surface area contributed by atoms with E-state index >= 15 is 0 Å². The maximum Gasteiger partial charge on any atom is 0.338 e. The molecular formula is C80H100N8O12. The van der Waals surface area contributed by atoms with Crippen molar-refractivity contribution in [2.24, 2.45) is 103 Å². The third-order valence-electron chi connectivity index (χ3n) is 27.4. The highest BCUT2D eigenvalue weighted by Crippen LogP contribution is 2.71. The zero-order chi connectivity index (χ0) is 70.1. The van der Waals surface area contributed by atoms with E-state index in [0.717, 1.165) is 77.0 Å². The van der Waals surface area contributed by atoms with Gasteiger partial charge in [-0.15, -0.1) is 0 Å². The summed E-state index contributed by atoms with van der Waals surface area (Å²) in [6, 6.07) is 20.7. The number of hydrogen-bond acceptors (Lipinski definition) is 16. The number of carbonyl (C=O) groups is 8. The maximum absolute atomic E-state index is 14.1. The molecule has 20 bridgehead atoms. The molecule has 4 aromatic rings. The van der Waals surface area contributed by atoms with E-state index in [0.29, 0.717) is 95.6 Å². The number of hydrazone groups is 2. The first-order valence-corrected chi connectivity index (χ1v) is 37.1. The number of rotatable bonds is 4. The molecule has 532 valence electrons. The molecule has 8 fully saturated rings. The van der Waals surface area contributed by atoms with Crippen LogP contribution in [0.3, 0.4) is 0 Å². The number of benzene rings is 2. The number of nitrogens with one attached hydrogen (secondary N) is 4. The van der Waals surface area contributed by atoms with Crippen molar-refractivity contribution in [2.45, 2.75) is 194 Å². The van der Waals surface area contributed by atoms with Crippen LogP contribution in [0.2, 0.25) is 0 Å². The van der Waals surface area contributed by atoms with E-state index in [2.05, 4.69) is 83.2 Å². The Hall–Kier alpha value is -8.16. The molecule has 0 spiro atoms. The summed E-state index contributed by atoms with van der Waals surface area (Å²) in [7, 11) is 0. The molecule has 4 N–H and O–H groups in total. The standard InChI is InChI=1S/C80H100N8O12/c1-47-13-23-69(89)83-45-71(91)87-85-43-49-9-7-11-53(37-49)76(96)98-58-26-32-78(4)56(40-58)16-18-60-64-22-20-62(80(64,6)68(42-66(60)78)100-74(94)52-29-35-82-36-30-52)48(2)14-24-70(90)84-46-72(92)88-86-44-50-10-8-12-54(38-50)75(95)97-57-25-31-77(3)55(39-57)15-17-59-63-21-19-61(47)79(63,5)67(41-65(59)77)99-73(93)51-27-33-81-34-28-51/h7-12,27-30,33-38,43-44,47-48,55-68H,13-26,31-32,39-42,45-46H2,1-6H3,(H,83,89)(H,84,90)(H,87,91)(H,88,92)/b85-43+,86-44+/t47-,48-,55-,56-,57-,58-,59+,60+,61-,62-,63+,64+,65+,66+,67+,68+,77+,78+,79-,80-/m1/s1. The molecule has 4 amide bonds. The molecular weight excluding hydrogens is 1260 g/mol. The van der Waals surface area contributed by atoms with Crippen molar-refractivity contribution in [3.63, 3.8) is 0 Å². The molecule has 0 saturated heterocycles. The van der Waals surface area contributed by atoms with Crippen molar-refractivity contribution >= 4 is 59.9 Å². The van der Waals surface area contributed by atoms with Crippen LogP contribution < -0.4 is 21.5 Å². The van der Waals surface area contributed by atoms with Gasteiger partial charge in [0.05, 0.1) is 47.8 Å². The van der Waals surface area contributed by atoms with Crippen LogP contribution in [0.15, 0.2) is 108 Å². The fraction of sp³-hybridized carbons (Fsp3) is 0.600. The molecule has 10 heterocycles. The zero-order valence-corrected chi connectivity index (χ0v) is 58.9. The van der Waals surface area contributed by atoms with Gasteiger partial charge in [-0.3, -0.25) is 29.1 Å². The fourth-order valence-electron chi connectivity index (χ4n) is 22.2. The molecule has 0 unspecified atom stereocenters. The Labute approximate surface area is 587 Å². The Balaban J connectivity index is 0.706. The highest BCUT2D eigenvalue weighted by Gasteiger charge is 2.67. The van der Waals surface area contributed by atoms with Crippen molar-refractivity contribution in [1.82, 2.24) is 31.5 Å². The lowest BCUT2D eigenvalue weighted by Gasteiger charge is -2.62. The lowest BCUT2D eigenvalue weighted by Crippen LogP contribution is -2.59. The summed E-state index contributed by atoms with van der Waals surface area (Å²) in [4.78, 5) is 118. The average molecular weight is 1370 g/mol. The number of carbonyl (C=O) groups excluding carboxylic acids is 8. The van der Waals surface area contributed by atoms with Crippen molar-refractivity contribution < 1.29 is 57.3 Å². The molecule has 16 aliphatic rings. The Bertz CT molecular complexity index is 3540. The molecule has 8 aliphatic carbocycles. The van der Waals surface area contributed by atoms with Crippen LogP contribution in [0, 0.1) is 92.7 Å². The van der Waals surface area contributed by atoms with E-state index in [4.69, 9.17) is 18.9 Å². The Morgan fingerprint density at radius 3 is 1.27 bits per heavy atom. The highest BCUT2D eigenvalue weighted by molar-refractivity contribution is 5.94. The quantitative estimate of drug-likeness (QED) is 0.109. The molecule has 8 saturated carbocycles. The molecule has 20 rings (SSSR count). The van der Waals surface area contributed by atoms with Crippen LogP contribution >= 0.6 is 0 Å². The minimum absolute atomic E-state index is 0.0799. The van der Waals surface area contributed by atoms with Crippen LogP contribution in [0.1, 0.15) is 223 Å². The van der Waals surface area contributed by atoms with Gasteiger partial charge in [-0.1, -0.05) is 65.8 Å². The third-order valence-corrected chi connectivity index (χ3v) is 27.4. The van der Waals surface area contributed by atoms with E-state index in [9.17, 15) is 38.4 Å². The number of amides is 4. The van der Waals surface area contributed by atoms with E-state index in [1.54, 1.807) is 97.6 Å². The van der Waals surface area contributed by atoms with Crippen LogP contribution in [0.5, 0.6) is 0 Å². The second kappa shape index (κ2) is 29.4. The van der Waals surface area contributed by atoms with Crippen molar-refractivity contribution in [1.29, 1.82) is 0 Å². The number of ether oxygens (including phenoxy) is 4. The Morgan fingerprint density at radius 2 is 0.860 bits per heavy atom. The van der Waals surface area contributed by atoms with E-state index < -0.39 is 23.8 Å². The van der Waals surface area contributed by atoms with Gasteiger partial charge in [-0.05, 0) is 257 Å². The number of nitrogens with zero attached hydrogens (tertiary/aromatic N) is 4. The number of esters is 4. The Kier molecular flexibility index (Phi) is 20.7. The zero-order valence-electron chi connectivity index (χ0n) is 58.9. The average Bonchev–Trinajstić information content (AvgIpc) is 1.20. The van der Waals surface area contributed by atoms with Gasteiger partial charge in [0.15, 0.2) is 0 Å². The normalized spacial score (nSPS) is 38.0. The number of pyridine rings is 2. The van der Waals surface area contributed by atoms with Crippen molar-refractivity contribution in [3.8, 4) is 0 Å². The van der Waals surface area contributed by atoms with Crippen LogP contribution in [-0.4, -0.2) is 107 Å². The largest absolute Gasteiger partial charge is 0.459 e. The van der Waals surface area contributed by atoms with Gasteiger partial charge in [0, 0.05) is 48.5 Å². The van der Waals surface area contributed by atoms with Crippen molar-refractivity contribution in [2.75, 3.05) is 13.1 Å². The molecule has 0 radical (unpaired) electrons. The van der Waals surface area contributed by atoms with Crippen LogP contribution in [-0.2, 0) is 38.1 Å². The summed E-state index contributed by atoms with van der Waals surface area (Å²) in [5.41, 5.74) is 7.01. The minimum Gasteiger partial charge on any atom is -0.459 e. The van der Waals surface area contributed by atoms with E-state index in [1.807, 2.05) is 0 Å². The molecule has 20 heteroatoms. The molecule has 20 atom stereocenters. The summed E-state index contributed by atoms with van der Waals surface area (Å²) in [6.45, 7) is 13.4. The lowest BCUT2D eigenvalue weighted by atomic mass is 9.43. The summed E-state index contributed by atoms with van der Waals surface area (Å²) in [5.74, 6) is 0.0206. The smallest absolute Gasteiger partial charge is 0.338 e. The number of aromatic nitrogens is 2. The number of hydrogen-bond donors (Lipinski definition) is 4. The SMILES string of the molecule is C[C@@H]1CCC(=O)NCC(=O)N/N=C/c2cccc(c2)C(=O)O[C@@H]2CC[C@@]3(C)[C@H](CC[C@@H]4[C@@H]3C[C@H](OC(=O)c3ccncc3)[C@]3(C)[C@H](CC[C@@H]43)[C@H](C)CCC(=O)NCC(=O)N/N=C/c3cccc(c3)C(=O)O[C@@H]3CC[C@@]4(C)[C@H](CC[C@@H]5[C@@H]4C[C@H](OC(=O)c4ccncc4)[C@]4(C)[C@@H]1CC[C@@H]54)C3)C2. The summed E-state index contributed by atoms with van der Waals surface area (Å²) >= 11 is 0. The molecule has 100 heavy (non-hydrogen) atoms. The van der Waals surface area contributed by atoms with Gasteiger partial charge in [-0.2, -0.15) is 10.2 Å². The highest BCUT2D eigenvalue weighted by atomic mass is 16.6. The summed E-state index contributed by atoms with van der Waals surface area (Å²) in [5, 5.41) is 14.0. The molecule has 2 aromatic heterocycles. The van der Waals surface area contributed by atoms with Crippen LogP contribution in [0.4, 0.5) is 0 Å². The first-order valence-electron chi connectivity index (χ1n) is 37.1. The fourth-order valence-corrected chi connectivity index (χ4v) is 22.2. The predicted molar refractivity (Wildman–Crippen MR) is 374 cm³/mol. The van der Waals surface area contributed by atoms with Gasteiger partial charge >= 0.3 is 23.9 Å². The van der Waals surface area contributed by atoms with Gasteiger partial charge in [0.1, 0.15) is 24.4 Å². The third kappa shape index (κ3) is 14.2. The van der Waals surface area contributed by atoms with E-state index in [-0.39, 0.29) is 143 Å². The summed E-state index contributed by atoms with van der Waals surface area (Å²) < 4.78 is 26.2. The van der Waals surface area contributed by atoms with Crippen molar-refractivity contribution in [3.05, 3.63) is 131 Å². The van der Waals surface area contributed by atoms with Gasteiger partial charge in [0.25, 0.3) is 11.8 Å². The first-order chi connectivity index (χ1) is 48.1. The topological polar surface area (TPSA) is 272 Å². The predicted octanol–water partition coefficient (Wildman–Crippen LogP) is 12.2. The lowest BCUT2D eigenvalue weighted by molar-refractivity contribution is -0.176. The minimum atomic E-state index is -0.494. The molecule has 8 aliphatic heterocycles. The first kappa shape index (κ1) is 70.3. The van der Waals surface area contributed by atoms with Crippen LogP contribution in [0.25, 0.3) is 0 Å². The molecule has 20 nitrogen and oxygen atoms in total. The van der Waals surface area contributed by atoms with Gasteiger partial charge in [0.2, 0.25) is 11.8 Å². The monoisotopic (exact) mass is 1360 g/mol. The molecule has 2 aromatic carbocycles. The summed E-state index contributed by atoms with van der Waals surface area (Å²) in [6.07, 6.45) is 23.6. The van der Waals surface area contributed by atoms with Gasteiger partial charge < -0.3 is 29.6 Å².